The fourth-order valence-electron chi connectivity index (χ4n) is 2.82. The predicted octanol–water partition coefficient (Wildman–Crippen LogP) is 4.71. The van der Waals surface area contributed by atoms with E-state index in [1.165, 1.54) is 5.56 Å². The molecule has 0 aliphatic carbocycles. The molecule has 24 heavy (non-hydrogen) atoms. The second-order valence-electron chi connectivity index (χ2n) is 5.73. The van der Waals surface area contributed by atoms with E-state index in [1.807, 2.05) is 23.7 Å². The van der Waals surface area contributed by atoms with Gasteiger partial charge in [-0.05, 0) is 24.6 Å². The van der Waals surface area contributed by atoms with Gasteiger partial charge < -0.3 is 9.88 Å². The van der Waals surface area contributed by atoms with Gasteiger partial charge in [0.2, 0.25) is 5.95 Å². The summed E-state index contributed by atoms with van der Waals surface area (Å²) >= 11 is 1.66. The van der Waals surface area contributed by atoms with Crippen molar-refractivity contribution in [3.63, 3.8) is 0 Å². The maximum Gasteiger partial charge on any atom is 0.204 e. The van der Waals surface area contributed by atoms with Gasteiger partial charge in [-0.3, -0.25) is 0 Å². The molecular formula is C19H18N4S. The molecule has 1 atom stereocenters. The van der Waals surface area contributed by atoms with E-state index < -0.39 is 0 Å². The van der Waals surface area contributed by atoms with Crippen LogP contribution < -0.4 is 5.32 Å². The molecule has 120 valence electrons. The van der Waals surface area contributed by atoms with Crippen LogP contribution in [0, 0.1) is 0 Å². The summed E-state index contributed by atoms with van der Waals surface area (Å²) in [5, 5.41) is 6.59. The van der Waals surface area contributed by atoms with Gasteiger partial charge in [0.05, 0.1) is 23.6 Å². The van der Waals surface area contributed by atoms with E-state index >= 15 is 0 Å². The number of para-hydroxylation sites is 2. The molecule has 0 saturated carbocycles. The number of rotatable bonds is 5. The molecule has 0 amide bonds. The molecule has 0 saturated heterocycles. The number of benzene rings is 2. The number of imidazole rings is 1. The van der Waals surface area contributed by atoms with Crippen molar-refractivity contribution in [2.75, 3.05) is 5.32 Å². The Balaban J connectivity index is 1.72. The van der Waals surface area contributed by atoms with Gasteiger partial charge in [-0.15, -0.1) is 11.3 Å². The van der Waals surface area contributed by atoms with E-state index in [0.717, 1.165) is 28.5 Å². The van der Waals surface area contributed by atoms with Crippen LogP contribution in [0.5, 0.6) is 0 Å². The number of nitrogens with zero attached hydrogens (tertiary/aromatic N) is 3. The first-order valence-corrected chi connectivity index (χ1v) is 8.84. The number of hydrogen-bond donors (Lipinski definition) is 1. The van der Waals surface area contributed by atoms with Crippen LogP contribution in [-0.4, -0.2) is 14.5 Å². The van der Waals surface area contributed by atoms with Crippen LogP contribution in [-0.2, 0) is 6.54 Å². The SMILES string of the molecule is CC(Nc1nc2ccccc2n1Cc1ccccc1)c1nccs1. The van der Waals surface area contributed by atoms with E-state index in [2.05, 4.69) is 64.3 Å². The molecule has 1 N–H and O–H groups in total. The Morgan fingerprint density at radius 2 is 1.88 bits per heavy atom. The summed E-state index contributed by atoms with van der Waals surface area (Å²) in [5.41, 5.74) is 3.39. The third-order valence-corrected chi connectivity index (χ3v) is 4.96. The standard InChI is InChI=1S/C19H18N4S/c1-14(18-20-11-12-24-18)21-19-22-16-9-5-6-10-17(16)23(19)13-15-7-3-2-4-8-15/h2-12,14H,13H2,1H3,(H,21,22). The van der Waals surface area contributed by atoms with Crippen molar-refractivity contribution in [3.8, 4) is 0 Å². The Morgan fingerprint density at radius 1 is 1.08 bits per heavy atom. The van der Waals surface area contributed by atoms with Gasteiger partial charge in [0.25, 0.3) is 0 Å². The van der Waals surface area contributed by atoms with Crippen LogP contribution in [0.4, 0.5) is 5.95 Å². The lowest BCUT2D eigenvalue weighted by Gasteiger charge is -2.15. The summed E-state index contributed by atoms with van der Waals surface area (Å²) in [7, 11) is 0. The minimum Gasteiger partial charge on any atom is -0.347 e. The Morgan fingerprint density at radius 3 is 2.67 bits per heavy atom. The van der Waals surface area contributed by atoms with Crippen LogP contribution in [0.25, 0.3) is 11.0 Å². The molecule has 5 heteroatoms. The van der Waals surface area contributed by atoms with Crippen molar-refractivity contribution in [2.45, 2.75) is 19.5 Å². The highest BCUT2D eigenvalue weighted by Gasteiger charge is 2.15. The van der Waals surface area contributed by atoms with Crippen molar-refractivity contribution < 1.29 is 0 Å². The maximum atomic E-state index is 4.79. The first-order valence-electron chi connectivity index (χ1n) is 7.96. The highest BCUT2D eigenvalue weighted by molar-refractivity contribution is 7.09. The van der Waals surface area contributed by atoms with Gasteiger partial charge >= 0.3 is 0 Å². The van der Waals surface area contributed by atoms with Crippen LogP contribution in [0.3, 0.4) is 0 Å². The summed E-state index contributed by atoms with van der Waals surface area (Å²) < 4.78 is 2.23. The van der Waals surface area contributed by atoms with E-state index in [0.29, 0.717) is 0 Å². The van der Waals surface area contributed by atoms with Gasteiger partial charge in [0.15, 0.2) is 0 Å². The lowest BCUT2D eigenvalue weighted by molar-refractivity contribution is 0.783. The lowest BCUT2D eigenvalue weighted by Crippen LogP contribution is -2.12. The van der Waals surface area contributed by atoms with Crippen LogP contribution in [0.15, 0.2) is 66.2 Å². The van der Waals surface area contributed by atoms with Crippen molar-refractivity contribution in [1.29, 1.82) is 0 Å². The molecule has 0 radical (unpaired) electrons. The predicted molar refractivity (Wildman–Crippen MR) is 99.4 cm³/mol. The third kappa shape index (κ3) is 2.90. The summed E-state index contributed by atoms with van der Waals surface area (Å²) in [6.45, 7) is 2.90. The van der Waals surface area contributed by atoms with Gasteiger partial charge in [-0.25, -0.2) is 9.97 Å². The molecule has 2 aromatic carbocycles. The van der Waals surface area contributed by atoms with E-state index in [9.17, 15) is 0 Å². The fourth-order valence-corrected chi connectivity index (χ4v) is 3.46. The van der Waals surface area contributed by atoms with Gasteiger partial charge in [-0.2, -0.15) is 0 Å². The summed E-state index contributed by atoms with van der Waals surface area (Å²) in [6.07, 6.45) is 1.84. The minimum absolute atomic E-state index is 0.122. The number of anilines is 1. The Hall–Kier alpha value is -2.66. The zero-order chi connectivity index (χ0) is 16.4. The van der Waals surface area contributed by atoms with Crippen molar-refractivity contribution >= 4 is 28.3 Å². The number of aromatic nitrogens is 3. The summed E-state index contributed by atoms with van der Waals surface area (Å²) in [6, 6.07) is 18.8. The monoisotopic (exact) mass is 334 g/mol. The molecule has 0 spiro atoms. The first-order chi connectivity index (χ1) is 11.8. The number of nitrogens with one attached hydrogen (secondary N) is 1. The normalized spacial score (nSPS) is 12.4. The van der Waals surface area contributed by atoms with Crippen molar-refractivity contribution in [2.24, 2.45) is 0 Å². The molecule has 4 rings (SSSR count). The minimum atomic E-state index is 0.122. The molecule has 0 aliphatic heterocycles. The highest BCUT2D eigenvalue weighted by Crippen LogP contribution is 2.25. The molecule has 0 aliphatic rings. The zero-order valence-corrected chi connectivity index (χ0v) is 14.2. The van der Waals surface area contributed by atoms with Crippen LogP contribution in [0.1, 0.15) is 23.5 Å². The number of fused-ring (bicyclic) bond motifs is 1. The molecule has 4 aromatic rings. The average Bonchev–Trinajstić information content (AvgIpc) is 3.25. The zero-order valence-electron chi connectivity index (χ0n) is 13.4. The Kier molecular flexibility index (Phi) is 4.01. The van der Waals surface area contributed by atoms with Gasteiger partial charge in [0.1, 0.15) is 5.01 Å². The number of hydrogen-bond acceptors (Lipinski definition) is 4. The van der Waals surface area contributed by atoms with Crippen molar-refractivity contribution in [3.05, 3.63) is 76.7 Å². The molecular weight excluding hydrogens is 316 g/mol. The van der Waals surface area contributed by atoms with Gasteiger partial charge in [0, 0.05) is 11.6 Å². The Bertz CT molecular complexity index is 929. The van der Waals surface area contributed by atoms with Gasteiger partial charge in [-0.1, -0.05) is 42.5 Å². The fraction of sp³-hybridized carbons (Fsp3) is 0.158. The lowest BCUT2D eigenvalue weighted by atomic mass is 10.2. The molecule has 0 bridgehead atoms. The van der Waals surface area contributed by atoms with Crippen LogP contribution in [0.2, 0.25) is 0 Å². The molecule has 2 heterocycles. The third-order valence-electron chi connectivity index (χ3n) is 4.01. The van der Waals surface area contributed by atoms with Crippen LogP contribution >= 0.6 is 11.3 Å². The summed E-state index contributed by atoms with van der Waals surface area (Å²) in [4.78, 5) is 9.19. The van der Waals surface area contributed by atoms with E-state index in [1.54, 1.807) is 11.3 Å². The maximum absolute atomic E-state index is 4.79. The van der Waals surface area contributed by atoms with Crippen molar-refractivity contribution in [1.82, 2.24) is 14.5 Å². The second-order valence-corrected chi connectivity index (χ2v) is 6.66. The molecule has 1 unspecified atom stereocenters. The topological polar surface area (TPSA) is 42.7 Å². The highest BCUT2D eigenvalue weighted by atomic mass is 32.1. The average molecular weight is 334 g/mol. The molecule has 0 fully saturated rings. The number of thiazole rings is 1. The molecule has 4 nitrogen and oxygen atoms in total. The molecule has 2 aromatic heterocycles. The second kappa shape index (κ2) is 6.45. The van der Waals surface area contributed by atoms with E-state index in [-0.39, 0.29) is 6.04 Å². The smallest absolute Gasteiger partial charge is 0.204 e. The Labute approximate surface area is 144 Å². The summed E-state index contributed by atoms with van der Waals surface area (Å²) in [5.74, 6) is 0.878. The van der Waals surface area contributed by atoms with E-state index in [4.69, 9.17) is 4.98 Å². The first kappa shape index (κ1) is 14.9. The quantitative estimate of drug-likeness (QED) is 0.574. The largest absolute Gasteiger partial charge is 0.347 e.